The number of carbonyl (C=O) groups excluding carboxylic acids is 1. The summed E-state index contributed by atoms with van der Waals surface area (Å²) in [6, 6.07) is 14.4. The highest BCUT2D eigenvalue weighted by Crippen LogP contribution is 2.15. The van der Waals surface area contributed by atoms with Gasteiger partial charge in [-0.1, -0.05) is 57.9 Å². The molecule has 0 radical (unpaired) electrons. The van der Waals surface area contributed by atoms with Crippen LogP contribution in [-0.2, 0) is 0 Å². The monoisotopic (exact) mass is 336 g/mol. The van der Waals surface area contributed by atoms with Gasteiger partial charge in [0.05, 0.1) is 16.8 Å². The molecule has 0 aliphatic rings. The average molecular weight is 338 g/mol. The Morgan fingerprint density at radius 2 is 1.84 bits per heavy atom. The third-order valence-corrected chi connectivity index (χ3v) is 3.45. The van der Waals surface area contributed by atoms with E-state index >= 15 is 0 Å². The Morgan fingerprint density at radius 1 is 1.16 bits per heavy atom. The molecule has 5 heteroatoms. The second-order valence-corrected chi connectivity index (χ2v) is 4.96. The maximum atomic E-state index is 11.8. The number of halogens is 2. The van der Waals surface area contributed by atoms with Gasteiger partial charge in [-0.3, -0.25) is 4.79 Å². The molecule has 2 aromatic rings. The van der Waals surface area contributed by atoms with Crippen molar-refractivity contribution in [2.75, 3.05) is 0 Å². The first kappa shape index (κ1) is 13.8. The van der Waals surface area contributed by atoms with Crippen molar-refractivity contribution in [2.24, 2.45) is 5.10 Å². The summed E-state index contributed by atoms with van der Waals surface area (Å²) in [7, 11) is 0. The Hall–Kier alpha value is -1.65. The van der Waals surface area contributed by atoms with Crippen LogP contribution in [0.2, 0.25) is 5.02 Å². The van der Waals surface area contributed by atoms with Gasteiger partial charge in [-0.2, -0.15) is 5.10 Å². The first-order valence-electron chi connectivity index (χ1n) is 5.51. The van der Waals surface area contributed by atoms with Crippen molar-refractivity contribution in [1.29, 1.82) is 0 Å². The number of hydrogen-bond acceptors (Lipinski definition) is 2. The molecule has 0 saturated heterocycles. The quantitative estimate of drug-likeness (QED) is 0.670. The molecule has 2 aromatic carbocycles. The average Bonchev–Trinajstić information content (AvgIpc) is 2.41. The lowest BCUT2D eigenvalue weighted by Crippen LogP contribution is -2.17. The van der Waals surface area contributed by atoms with Gasteiger partial charge in [-0.25, -0.2) is 5.43 Å². The molecule has 3 nitrogen and oxygen atoms in total. The number of hydrogen-bond donors (Lipinski definition) is 1. The van der Waals surface area contributed by atoms with Crippen molar-refractivity contribution in [3.05, 3.63) is 69.2 Å². The van der Waals surface area contributed by atoms with E-state index in [4.69, 9.17) is 11.6 Å². The van der Waals surface area contributed by atoms with Crippen LogP contribution in [0.5, 0.6) is 0 Å². The number of benzene rings is 2. The van der Waals surface area contributed by atoms with Crippen molar-refractivity contribution in [1.82, 2.24) is 5.43 Å². The van der Waals surface area contributed by atoms with Crippen LogP contribution in [0.3, 0.4) is 0 Å². The van der Waals surface area contributed by atoms with Gasteiger partial charge in [-0.15, -0.1) is 0 Å². The Morgan fingerprint density at radius 3 is 2.58 bits per heavy atom. The number of hydrazone groups is 1. The van der Waals surface area contributed by atoms with E-state index in [1.165, 1.54) is 0 Å². The molecule has 0 bridgehead atoms. The van der Waals surface area contributed by atoms with Crippen LogP contribution in [-0.4, -0.2) is 12.1 Å². The Bertz CT molecular complexity index is 628. The molecule has 2 rings (SSSR count). The third-order valence-electron chi connectivity index (χ3n) is 2.39. The Labute approximate surface area is 124 Å². The van der Waals surface area contributed by atoms with Crippen LogP contribution in [0, 0.1) is 0 Å². The molecular formula is C14H10BrClN2O. The standard InChI is InChI=1S/C14H10BrClN2O/c15-12-7-3-1-5-10(12)9-17-18-14(19)11-6-2-4-8-13(11)16/h1-9H,(H,18,19)/b17-9-. The summed E-state index contributed by atoms with van der Waals surface area (Å²) < 4.78 is 0.908. The first-order chi connectivity index (χ1) is 9.18. The van der Waals surface area contributed by atoms with Gasteiger partial charge in [0.2, 0.25) is 0 Å². The molecule has 0 atom stereocenters. The molecule has 0 heterocycles. The molecule has 0 saturated carbocycles. The maximum absolute atomic E-state index is 11.8. The van der Waals surface area contributed by atoms with Gasteiger partial charge in [-0.05, 0) is 18.2 Å². The van der Waals surface area contributed by atoms with Crippen molar-refractivity contribution in [2.45, 2.75) is 0 Å². The van der Waals surface area contributed by atoms with Crippen LogP contribution in [0.25, 0.3) is 0 Å². The van der Waals surface area contributed by atoms with Crippen molar-refractivity contribution >= 4 is 39.7 Å². The molecule has 0 aromatic heterocycles. The molecule has 1 amide bonds. The second-order valence-electron chi connectivity index (χ2n) is 3.70. The zero-order valence-corrected chi connectivity index (χ0v) is 12.1. The molecule has 0 unspecified atom stereocenters. The molecule has 0 spiro atoms. The van der Waals surface area contributed by atoms with Crippen molar-refractivity contribution < 1.29 is 4.79 Å². The minimum atomic E-state index is -0.339. The minimum Gasteiger partial charge on any atom is -0.267 e. The summed E-state index contributed by atoms with van der Waals surface area (Å²) in [5, 5.41) is 4.31. The molecule has 0 aliphatic heterocycles. The summed E-state index contributed by atoms with van der Waals surface area (Å²) in [5.74, 6) is -0.339. The number of nitrogens with one attached hydrogen (secondary N) is 1. The van der Waals surface area contributed by atoms with E-state index < -0.39 is 0 Å². The fourth-order valence-corrected chi connectivity index (χ4v) is 2.05. The lowest BCUT2D eigenvalue weighted by atomic mass is 10.2. The normalized spacial score (nSPS) is 10.6. The number of nitrogens with zero attached hydrogens (tertiary/aromatic N) is 1. The lowest BCUT2D eigenvalue weighted by Gasteiger charge is -2.02. The fourth-order valence-electron chi connectivity index (χ4n) is 1.45. The van der Waals surface area contributed by atoms with Gasteiger partial charge in [0, 0.05) is 10.0 Å². The van der Waals surface area contributed by atoms with E-state index in [2.05, 4.69) is 26.5 Å². The van der Waals surface area contributed by atoms with Gasteiger partial charge in [0.15, 0.2) is 0 Å². The number of amides is 1. The molecular weight excluding hydrogens is 328 g/mol. The highest BCUT2D eigenvalue weighted by molar-refractivity contribution is 9.10. The Kier molecular flexibility index (Phi) is 4.71. The van der Waals surface area contributed by atoms with E-state index in [9.17, 15) is 4.79 Å². The smallest absolute Gasteiger partial charge is 0.267 e. The summed E-state index contributed by atoms with van der Waals surface area (Å²) in [6.07, 6.45) is 1.57. The largest absolute Gasteiger partial charge is 0.272 e. The molecule has 19 heavy (non-hydrogen) atoms. The molecule has 1 N–H and O–H groups in total. The van der Waals surface area contributed by atoms with Gasteiger partial charge in [0.25, 0.3) is 5.91 Å². The fraction of sp³-hybridized carbons (Fsp3) is 0. The van der Waals surface area contributed by atoms with Crippen LogP contribution in [0.15, 0.2) is 58.1 Å². The summed E-state index contributed by atoms with van der Waals surface area (Å²) in [6.45, 7) is 0. The highest BCUT2D eigenvalue weighted by atomic mass is 79.9. The van der Waals surface area contributed by atoms with Gasteiger partial charge in [0.1, 0.15) is 0 Å². The van der Waals surface area contributed by atoms with Crippen molar-refractivity contribution in [3.8, 4) is 0 Å². The second kappa shape index (κ2) is 6.50. The van der Waals surface area contributed by atoms with Crippen molar-refractivity contribution in [3.63, 3.8) is 0 Å². The van der Waals surface area contributed by atoms with Gasteiger partial charge >= 0.3 is 0 Å². The molecule has 96 valence electrons. The molecule has 0 aliphatic carbocycles. The van der Waals surface area contributed by atoms with Crippen LogP contribution in [0.1, 0.15) is 15.9 Å². The summed E-state index contributed by atoms with van der Waals surface area (Å²) in [4.78, 5) is 11.8. The Balaban J connectivity index is 2.06. The lowest BCUT2D eigenvalue weighted by molar-refractivity contribution is 0.0955. The van der Waals surface area contributed by atoms with E-state index in [0.29, 0.717) is 10.6 Å². The van der Waals surface area contributed by atoms with E-state index in [1.807, 2.05) is 24.3 Å². The topological polar surface area (TPSA) is 41.5 Å². The first-order valence-corrected chi connectivity index (χ1v) is 6.68. The predicted molar refractivity (Wildman–Crippen MR) is 80.7 cm³/mol. The number of carbonyl (C=O) groups is 1. The summed E-state index contributed by atoms with van der Waals surface area (Å²) in [5.41, 5.74) is 3.71. The third kappa shape index (κ3) is 3.66. The maximum Gasteiger partial charge on any atom is 0.272 e. The summed E-state index contributed by atoms with van der Waals surface area (Å²) >= 11 is 9.32. The van der Waals surface area contributed by atoms with E-state index in [0.717, 1.165) is 10.0 Å². The highest BCUT2D eigenvalue weighted by Gasteiger charge is 2.07. The zero-order valence-electron chi connectivity index (χ0n) is 9.81. The van der Waals surface area contributed by atoms with Crippen LogP contribution in [0.4, 0.5) is 0 Å². The number of rotatable bonds is 3. The van der Waals surface area contributed by atoms with Crippen LogP contribution >= 0.6 is 27.5 Å². The van der Waals surface area contributed by atoms with E-state index in [-0.39, 0.29) is 5.91 Å². The van der Waals surface area contributed by atoms with Gasteiger partial charge < -0.3 is 0 Å². The van der Waals surface area contributed by atoms with Crippen LogP contribution < -0.4 is 5.43 Å². The zero-order chi connectivity index (χ0) is 13.7. The van der Waals surface area contributed by atoms with E-state index in [1.54, 1.807) is 30.5 Å². The SMILES string of the molecule is O=C(N/N=C\c1ccccc1Br)c1ccccc1Cl. The minimum absolute atomic E-state index is 0.339. The molecule has 0 fully saturated rings. The predicted octanol–water partition coefficient (Wildman–Crippen LogP) is 3.87.